The summed E-state index contributed by atoms with van der Waals surface area (Å²) in [6.45, 7) is 1.39. The molecule has 16 heavy (non-hydrogen) atoms. The molecular weight excluding hydrogens is 204 g/mol. The molecule has 1 aliphatic heterocycles. The van der Waals surface area contributed by atoms with Crippen LogP contribution in [0.1, 0.15) is 34.9 Å². The molecule has 2 atom stereocenters. The third kappa shape index (κ3) is 2.49. The van der Waals surface area contributed by atoms with Crippen LogP contribution in [-0.2, 0) is 4.74 Å². The van der Waals surface area contributed by atoms with E-state index in [0.717, 1.165) is 31.3 Å². The van der Waals surface area contributed by atoms with Gasteiger partial charge < -0.3 is 9.84 Å². The highest BCUT2D eigenvalue weighted by molar-refractivity contribution is 5.74. The number of hydrogen-bond acceptors (Lipinski definition) is 3. The predicted molar refractivity (Wildman–Crippen MR) is 60.3 cm³/mol. The fourth-order valence-corrected chi connectivity index (χ4v) is 2.10. The number of carbonyl (C=O) groups is 1. The first kappa shape index (κ1) is 11.3. The lowest BCUT2D eigenvalue weighted by molar-refractivity contribution is -0.00997. The van der Waals surface area contributed by atoms with Crippen LogP contribution in [0.2, 0.25) is 0 Å². The van der Waals surface area contributed by atoms with E-state index >= 15 is 0 Å². The highest BCUT2D eigenvalue weighted by Gasteiger charge is 2.23. The lowest BCUT2D eigenvalue weighted by atomic mass is 9.90. The van der Waals surface area contributed by atoms with Gasteiger partial charge in [0.15, 0.2) is 0 Å². The van der Waals surface area contributed by atoms with Gasteiger partial charge in [0, 0.05) is 18.1 Å². The van der Waals surface area contributed by atoms with Gasteiger partial charge in [-0.25, -0.2) is 0 Å². The molecule has 0 radical (unpaired) electrons. The van der Waals surface area contributed by atoms with Crippen molar-refractivity contribution in [2.75, 3.05) is 13.2 Å². The average molecular weight is 220 g/mol. The normalized spacial score (nSPS) is 22.7. The van der Waals surface area contributed by atoms with Gasteiger partial charge in [0.25, 0.3) is 0 Å². The van der Waals surface area contributed by atoms with Gasteiger partial charge in [0.05, 0.1) is 12.7 Å². The smallest absolute Gasteiger partial charge is 0.150 e. The Hall–Kier alpha value is -1.19. The van der Waals surface area contributed by atoms with Gasteiger partial charge in [-0.05, 0) is 24.5 Å². The molecule has 86 valence electrons. The third-order valence-electron chi connectivity index (χ3n) is 3.03. The summed E-state index contributed by atoms with van der Waals surface area (Å²) in [6, 6.07) is 7.13. The molecule has 1 N–H and O–H groups in total. The van der Waals surface area contributed by atoms with Gasteiger partial charge in [-0.15, -0.1) is 0 Å². The Kier molecular flexibility index (Phi) is 3.70. The Bertz CT molecular complexity index is 356. The topological polar surface area (TPSA) is 46.5 Å². The minimum Gasteiger partial charge on any atom is -0.388 e. The summed E-state index contributed by atoms with van der Waals surface area (Å²) in [7, 11) is 0. The van der Waals surface area contributed by atoms with E-state index in [1.165, 1.54) is 0 Å². The molecule has 0 aliphatic carbocycles. The quantitative estimate of drug-likeness (QED) is 0.792. The van der Waals surface area contributed by atoms with Crippen LogP contribution >= 0.6 is 0 Å². The standard InChI is InChI=1S/C13H16O3/c14-8-10-3-1-4-11(7-10)13(15)12-5-2-6-16-9-12/h1,3-4,7-8,12-13,15H,2,5-6,9H2. The van der Waals surface area contributed by atoms with Crippen LogP contribution < -0.4 is 0 Å². The van der Waals surface area contributed by atoms with Crippen LogP contribution in [0.3, 0.4) is 0 Å². The van der Waals surface area contributed by atoms with Crippen molar-refractivity contribution in [1.29, 1.82) is 0 Å². The summed E-state index contributed by atoms with van der Waals surface area (Å²) >= 11 is 0. The molecule has 1 aromatic carbocycles. The minimum atomic E-state index is -0.528. The molecule has 2 unspecified atom stereocenters. The Morgan fingerprint density at radius 1 is 1.50 bits per heavy atom. The molecule has 0 aromatic heterocycles. The molecule has 0 spiro atoms. The molecule has 3 nitrogen and oxygen atoms in total. The first-order chi connectivity index (χ1) is 7.81. The van der Waals surface area contributed by atoms with Crippen molar-refractivity contribution in [2.24, 2.45) is 5.92 Å². The number of benzene rings is 1. The number of aldehydes is 1. The van der Waals surface area contributed by atoms with Gasteiger partial charge >= 0.3 is 0 Å². The largest absolute Gasteiger partial charge is 0.388 e. The van der Waals surface area contributed by atoms with Crippen LogP contribution in [0.25, 0.3) is 0 Å². The van der Waals surface area contributed by atoms with Crippen LogP contribution in [-0.4, -0.2) is 24.6 Å². The van der Waals surface area contributed by atoms with E-state index in [0.29, 0.717) is 12.2 Å². The predicted octanol–water partition coefficient (Wildman–Crippen LogP) is 1.96. The van der Waals surface area contributed by atoms with E-state index in [-0.39, 0.29) is 5.92 Å². The third-order valence-corrected chi connectivity index (χ3v) is 3.03. The first-order valence-corrected chi connectivity index (χ1v) is 5.62. The van der Waals surface area contributed by atoms with Crippen LogP contribution in [0, 0.1) is 5.92 Å². The maximum absolute atomic E-state index is 10.7. The fraction of sp³-hybridized carbons (Fsp3) is 0.462. The molecule has 1 saturated heterocycles. The number of carbonyl (C=O) groups excluding carboxylic acids is 1. The lowest BCUT2D eigenvalue weighted by Gasteiger charge is -2.27. The van der Waals surface area contributed by atoms with Gasteiger partial charge in [-0.2, -0.15) is 0 Å². The zero-order valence-electron chi connectivity index (χ0n) is 9.13. The van der Waals surface area contributed by atoms with E-state index in [1.54, 1.807) is 18.2 Å². The second kappa shape index (κ2) is 5.23. The number of ether oxygens (including phenoxy) is 1. The van der Waals surface area contributed by atoms with E-state index in [1.807, 2.05) is 6.07 Å². The van der Waals surface area contributed by atoms with Crippen molar-refractivity contribution in [3.63, 3.8) is 0 Å². The molecule has 2 rings (SSSR count). The number of hydrogen-bond donors (Lipinski definition) is 1. The minimum absolute atomic E-state index is 0.149. The Morgan fingerprint density at radius 3 is 3.06 bits per heavy atom. The zero-order valence-corrected chi connectivity index (χ0v) is 9.13. The summed E-state index contributed by atoms with van der Waals surface area (Å²) in [5.41, 5.74) is 1.41. The van der Waals surface area contributed by atoms with Crippen molar-refractivity contribution in [1.82, 2.24) is 0 Å². The van der Waals surface area contributed by atoms with Crippen molar-refractivity contribution in [3.05, 3.63) is 35.4 Å². The first-order valence-electron chi connectivity index (χ1n) is 5.62. The average Bonchev–Trinajstić information content (AvgIpc) is 2.39. The fourth-order valence-electron chi connectivity index (χ4n) is 2.10. The molecule has 1 aromatic rings. The maximum Gasteiger partial charge on any atom is 0.150 e. The highest BCUT2D eigenvalue weighted by Crippen LogP contribution is 2.28. The summed E-state index contributed by atoms with van der Waals surface area (Å²) in [6.07, 6.45) is 2.25. The molecule has 3 heteroatoms. The number of aliphatic hydroxyl groups is 1. The van der Waals surface area contributed by atoms with Crippen molar-refractivity contribution in [2.45, 2.75) is 18.9 Å². The van der Waals surface area contributed by atoms with E-state index in [2.05, 4.69) is 0 Å². The van der Waals surface area contributed by atoms with E-state index in [4.69, 9.17) is 4.74 Å². The monoisotopic (exact) mass is 220 g/mol. The van der Waals surface area contributed by atoms with Crippen LogP contribution in [0.5, 0.6) is 0 Å². The summed E-state index contributed by atoms with van der Waals surface area (Å²) in [5.74, 6) is 0.149. The molecule has 1 fully saturated rings. The Balaban J connectivity index is 2.12. The van der Waals surface area contributed by atoms with Gasteiger partial charge in [-0.3, -0.25) is 4.79 Å². The second-order valence-electron chi connectivity index (χ2n) is 4.21. The zero-order chi connectivity index (χ0) is 11.4. The van der Waals surface area contributed by atoms with Crippen LogP contribution in [0.4, 0.5) is 0 Å². The van der Waals surface area contributed by atoms with E-state index in [9.17, 15) is 9.90 Å². The summed E-state index contributed by atoms with van der Waals surface area (Å²) < 4.78 is 5.35. The molecule has 0 saturated carbocycles. The summed E-state index contributed by atoms with van der Waals surface area (Å²) in [4.78, 5) is 10.7. The van der Waals surface area contributed by atoms with Crippen molar-refractivity contribution in [3.8, 4) is 0 Å². The van der Waals surface area contributed by atoms with Gasteiger partial charge in [0.2, 0.25) is 0 Å². The molecule has 0 amide bonds. The number of rotatable bonds is 3. The molecule has 0 bridgehead atoms. The Labute approximate surface area is 95.0 Å². The molecule has 1 heterocycles. The van der Waals surface area contributed by atoms with Crippen molar-refractivity contribution < 1.29 is 14.6 Å². The molecule has 1 aliphatic rings. The van der Waals surface area contributed by atoms with Crippen molar-refractivity contribution >= 4 is 6.29 Å². The van der Waals surface area contributed by atoms with E-state index < -0.39 is 6.10 Å². The SMILES string of the molecule is O=Cc1cccc(C(O)C2CCCOC2)c1. The summed E-state index contributed by atoms with van der Waals surface area (Å²) in [5, 5.41) is 10.2. The lowest BCUT2D eigenvalue weighted by Crippen LogP contribution is -2.23. The highest BCUT2D eigenvalue weighted by atomic mass is 16.5. The van der Waals surface area contributed by atoms with Gasteiger partial charge in [0.1, 0.15) is 6.29 Å². The number of aliphatic hydroxyl groups excluding tert-OH is 1. The van der Waals surface area contributed by atoms with Crippen LogP contribution in [0.15, 0.2) is 24.3 Å². The maximum atomic E-state index is 10.7. The van der Waals surface area contributed by atoms with Gasteiger partial charge in [-0.1, -0.05) is 18.2 Å². The molecular formula is C13H16O3. The second-order valence-corrected chi connectivity index (χ2v) is 4.21. The Morgan fingerprint density at radius 2 is 2.38 bits per heavy atom.